The van der Waals surface area contributed by atoms with Gasteiger partial charge in [0.25, 0.3) is 0 Å². The van der Waals surface area contributed by atoms with Crippen molar-refractivity contribution in [2.45, 2.75) is 38.6 Å². The first-order chi connectivity index (χ1) is 14.9. The topological polar surface area (TPSA) is 36.3 Å². The highest BCUT2D eigenvalue weighted by Crippen LogP contribution is 2.38. The number of aryl methyl sites for hydroxylation is 1. The second kappa shape index (κ2) is 11.1. The molecular weight excluding hydrogens is 455 g/mol. The molecule has 0 fully saturated rings. The zero-order valence-corrected chi connectivity index (χ0v) is 20.1. The molecule has 0 saturated heterocycles. The van der Waals surface area contributed by atoms with Crippen molar-refractivity contribution >= 4 is 34.8 Å². The average molecular weight is 482 g/mol. The zero-order chi connectivity index (χ0) is 22.3. The van der Waals surface area contributed by atoms with Gasteiger partial charge < -0.3 is 14.0 Å². The van der Waals surface area contributed by atoms with Gasteiger partial charge in [0.15, 0.2) is 0 Å². The molecule has 166 valence electrons. The third-order valence-electron chi connectivity index (χ3n) is 5.22. The van der Waals surface area contributed by atoms with Crippen molar-refractivity contribution in [2.75, 3.05) is 19.1 Å². The summed E-state index contributed by atoms with van der Waals surface area (Å²) in [4.78, 5) is 4.04. The summed E-state index contributed by atoms with van der Waals surface area (Å²) in [6, 6.07) is 11.8. The van der Waals surface area contributed by atoms with Crippen LogP contribution >= 0.6 is 34.8 Å². The molecule has 0 aliphatic rings. The van der Waals surface area contributed by atoms with Gasteiger partial charge in [-0.3, -0.25) is 0 Å². The standard InChI is InChI=1S/C24H27Cl3N2O2/c1-24(2,18-5-7-22(20(26)15-18)30-13-3-9-25)19-6-8-23(21(27)16-19)31-14-4-11-29-12-10-28-17-29/h5-8,10,12,15-17H,3-4,9,11,13-14H2,1-2H3. The lowest BCUT2D eigenvalue weighted by Crippen LogP contribution is -2.19. The zero-order valence-electron chi connectivity index (χ0n) is 17.8. The number of benzene rings is 2. The molecule has 1 aromatic heterocycles. The lowest BCUT2D eigenvalue weighted by atomic mass is 9.78. The van der Waals surface area contributed by atoms with E-state index in [0.29, 0.717) is 40.6 Å². The van der Waals surface area contributed by atoms with Gasteiger partial charge in [-0.05, 0) is 48.2 Å². The Hall–Kier alpha value is -1.88. The number of rotatable bonds is 11. The van der Waals surface area contributed by atoms with Crippen molar-refractivity contribution in [1.82, 2.24) is 9.55 Å². The normalized spacial score (nSPS) is 11.5. The smallest absolute Gasteiger partial charge is 0.137 e. The Morgan fingerprint density at radius 3 is 1.97 bits per heavy atom. The molecule has 0 saturated carbocycles. The Labute approximate surface area is 199 Å². The maximum Gasteiger partial charge on any atom is 0.137 e. The van der Waals surface area contributed by atoms with Gasteiger partial charge in [0.2, 0.25) is 0 Å². The molecule has 0 unspecified atom stereocenters. The molecule has 0 aliphatic heterocycles. The van der Waals surface area contributed by atoms with E-state index in [0.717, 1.165) is 30.5 Å². The fraction of sp³-hybridized carbons (Fsp3) is 0.375. The Bertz CT molecular complexity index is 975. The van der Waals surface area contributed by atoms with Crippen molar-refractivity contribution in [3.63, 3.8) is 0 Å². The summed E-state index contributed by atoms with van der Waals surface area (Å²) < 4.78 is 13.6. The maximum atomic E-state index is 6.53. The monoisotopic (exact) mass is 480 g/mol. The Morgan fingerprint density at radius 1 is 0.903 bits per heavy atom. The molecule has 0 spiro atoms. The van der Waals surface area contributed by atoms with Crippen LogP contribution in [0.3, 0.4) is 0 Å². The molecule has 2 aromatic carbocycles. The SMILES string of the molecule is CC(C)(c1ccc(OCCCCl)c(Cl)c1)c1ccc(OCCCn2ccnc2)c(Cl)c1. The van der Waals surface area contributed by atoms with Crippen LogP contribution in [0.15, 0.2) is 55.1 Å². The molecule has 31 heavy (non-hydrogen) atoms. The first-order valence-corrected chi connectivity index (χ1v) is 11.6. The second-order valence-corrected chi connectivity index (χ2v) is 9.00. The van der Waals surface area contributed by atoms with E-state index in [9.17, 15) is 0 Å². The third-order valence-corrected chi connectivity index (χ3v) is 6.08. The second-order valence-electron chi connectivity index (χ2n) is 7.81. The molecule has 0 amide bonds. The van der Waals surface area contributed by atoms with E-state index in [1.807, 2.05) is 41.1 Å². The van der Waals surface area contributed by atoms with Gasteiger partial charge in [0.05, 0.1) is 29.6 Å². The quantitative estimate of drug-likeness (QED) is 0.219. The van der Waals surface area contributed by atoms with Crippen molar-refractivity contribution < 1.29 is 9.47 Å². The van der Waals surface area contributed by atoms with Gasteiger partial charge in [0.1, 0.15) is 11.5 Å². The first-order valence-electron chi connectivity index (χ1n) is 10.3. The summed E-state index contributed by atoms with van der Waals surface area (Å²) in [7, 11) is 0. The van der Waals surface area contributed by atoms with E-state index in [2.05, 4.69) is 24.9 Å². The number of hydrogen-bond acceptors (Lipinski definition) is 3. The van der Waals surface area contributed by atoms with Gasteiger partial charge in [-0.25, -0.2) is 4.98 Å². The molecule has 7 heteroatoms. The van der Waals surface area contributed by atoms with Gasteiger partial charge in [-0.2, -0.15) is 0 Å². The lowest BCUT2D eigenvalue weighted by molar-refractivity contribution is 0.302. The number of aromatic nitrogens is 2. The minimum absolute atomic E-state index is 0.290. The number of imidazole rings is 1. The van der Waals surface area contributed by atoms with Crippen molar-refractivity contribution in [1.29, 1.82) is 0 Å². The molecule has 0 aliphatic carbocycles. The van der Waals surface area contributed by atoms with Crippen LogP contribution in [0.5, 0.6) is 11.5 Å². The van der Waals surface area contributed by atoms with Crippen LogP contribution in [-0.2, 0) is 12.0 Å². The minimum atomic E-state index is -0.290. The predicted octanol–water partition coefficient (Wildman–Crippen LogP) is 6.99. The van der Waals surface area contributed by atoms with Crippen LogP contribution in [0.25, 0.3) is 0 Å². The van der Waals surface area contributed by atoms with Crippen LogP contribution in [0.1, 0.15) is 37.8 Å². The van der Waals surface area contributed by atoms with Crippen molar-refractivity contribution in [2.24, 2.45) is 0 Å². The highest BCUT2D eigenvalue weighted by molar-refractivity contribution is 6.32. The number of alkyl halides is 1. The summed E-state index contributed by atoms with van der Waals surface area (Å²) in [5, 5.41) is 1.18. The van der Waals surface area contributed by atoms with Crippen molar-refractivity contribution in [3.05, 3.63) is 76.3 Å². The van der Waals surface area contributed by atoms with Gasteiger partial charge in [0, 0.05) is 30.2 Å². The molecule has 4 nitrogen and oxygen atoms in total. The number of halogens is 3. The minimum Gasteiger partial charge on any atom is -0.492 e. The molecule has 0 N–H and O–H groups in total. The molecule has 0 atom stereocenters. The summed E-state index contributed by atoms with van der Waals surface area (Å²) in [6.45, 7) is 6.27. The van der Waals surface area contributed by atoms with E-state index in [4.69, 9.17) is 44.3 Å². The third kappa shape index (κ3) is 6.31. The Morgan fingerprint density at radius 2 is 1.48 bits per heavy atom. The Balaban J connectivity index is 1.65. The van der Waals surface area contributed by atoms with Crippen LogP contribution in [0.2, 0.25) is 10.0 Å². The van der Waals surface area contributed by atoms with E-state index in [1.54, 1.807) is 12.5 Å². The summed E-state index contributed by atoms with van der Waals surface area (Å²) >= 11 is 18.7. The van der Waals surface area contributed by atoms with Gasteiger partial charge in [-0.1, -0.05) is 49.2 Å². The first kappa shape index (κ1) is 23.8. The Kier molecular flexibility index (Phi) is 8.53. The maximum absolute atomic E-state index is 6.53. The average Bonchev–Trinajstić information content (AvgIpc) is 3.27. The van der Waals surface area contributed by atoms with Crippen LogP contribution in [-0.4, -0.2) is 28.6 Å². The lowest BCUT2D eigenvalue weighted by Gasteiger charge is -2.27. The predicted molar refractivity (Wildman–Crippen MR) is 128 cm³/mol. The number of hydrogen-bond donors (Lipinski definition) is 0. The molecule has 3 rings (SSSR count). The van der Waals surface area contributed by atoms with E-state index >= 15 is 0 Å². The summed E-state index contributed by atoms with van der Waals surface area (Å²) in [6.07, 6.45) is 7.16. The summed E-state index contributed by atoms with van der Waals surface area (Å²) in [5.74, 6) is 1.92. The fourth-order valence-electron chi connectivity index (χ4n) is 3.26. The largest absolute Gasteiger partial charge is 0.492 e. The fourth-order valence-corrected chi connectivity index (χ4v) is 3.84. The molecule has 0 radical (unpaired) electrons. The van der Waals surface area contributed by atoms with Gasteiger partial charge >= 0.3 is 0 Å². The highest BCUT2D eigenvalue weighted by Gasteiger charge is 2.25. The summed E-state index contributed by atoms with van der Waals surface area (Å²) in [5.41, 5.74) is 1.87. The molecule has 1 heterocycles. The molecule has 3 aromatic rings. The van der Waals surface area contributed by atoms with E-state index in [-0.39, 0.29) is 5.41 Å². The highest BCUT2D eigenvalue weighted by atomic mass is 35.5. The van der Waals surface area contributed by atoms with Gasteiger partial charge in [-0.15, -0.1) is 11.6 Å². The van der Waals surface area contributed by atoms with Crippen LogP contribution < -0.4 is 9.47 Å². The van der Waals surface area contributed by atoms with Crippen LogP contribution in [0, 0.1) is 0 Å². The number of nitrogens with zero attached hydrogens (tertiary/aromatic N) is 2. The molecule has 0 bridgehead atoms. The van der Waals surface area contributed by atoms with Crippen LogP contribution in [0.4, 0.5) is 0 Å². The molecular formula is C24H27Cl3N2O2. The van der Waals surface area contributed by atoms with Crippen molar-refractivity contribution in [3.8, 4) is 11.5 Å². The van der Waals surface area contributed by atoms with E-state index in [1.165, 1.54) is 0 Å². The number of ether oxygens (including phenoxy) is 2. The van der Waals surface area contributed by atoms with E-state index < -0.39 is 0 Å².